The van der Waals surface area contributed by atoms with Crippen LogP contribution in [0.15, 0.2) is 12.1 Å². The molecule has 0 aliphatic heterocycles. The minimum atomic E-state index is -3.88. The van der Waals surface area contributed by atoms with Gasteiger partial charge in [0, 0.05) is 12.5 Å². The van der Waals surface area contributed by atoms with Gasteiger partial charge in [-0.3, -0.25) is 4.79 Å². The number of benzene rings is 1. The number of sulfonamides is 1. The van der Waals surface area contributed by atoms with Crippen LogP contribution in [0.2, 0.25) is 0 Å². The minimum absolute atomic E-state index is 0.0602. The largest absolute Gasteiger partial charge is 0.273 e. The normalized spacial score (nSPS) is 10.8. The Hall–Kier alpha value is -1.94. The van der Waals surface area contributed by atoms with E-state index in [1.165, 1.54) is 6.92 Å². The zero-order valence-electron chi connectivity index (χ0n) is 9.77. The molecule has 0 saturated heterocycles. The zero-order chi connectivity index (χ0) is 13.9. The maximum atomic E-state index is 12.9. The summed E-state index contributed by atoms with van der Waals surface area (Å²) in [7, 11) is -3.88. The highest BCUT2D eigenvalue weighted by Gasteiger charge is 2.26. The van der Waals surface area contributed by atoms with Crippen LogP contribution in [0, 0.1) is 23.2 Å². The number of nitriles is 1. The van der Waals surface area contributed by atoms with E-state index in [-0.39, 0.29) is 17.7 Å². The van der Waals surface area contributed by atoms with Crippen molar-refractivity contribution in [2.75, 3.05) is 10.6 Å². The summed E-state index contributed by atoms with van der Waals surface area (Å²) in [6, 6.07) is 5.58. The second-order valence-electron chi connectivity index (χ2n) is 3.47. The highest BCUT2D eigenvalue weighted by molar-refractivity contribution is 7.92. The van der Waals surface area contributed by atoms with Crippen LogP contribution < -0.4 is 4.31 Å². The molecule has 1 rings (SSSR count). The van der Waals surface area contributed by atoms with Crippen molar-refractivity contribution in [1.29, 1.82) is 5.26 Å². The predicted molar refractivity (Wildman–Crippen MR) is 62.6 cm³/mol. The fourth-order valence-corrected chi connectivity index (χ4v) is 2.36. The molecule has 95 valence electrons. The second-order valence-corrected chi connectivity index (χ2v) is 5.30. The number of anilines is 1. The number of hydrogen-bond donors (Lipinski definition) is 0. The maximum Gasteiger partial charge on any atom is 0.240 e. The Balaban J connectivity index is 3.50. The molecule has 0 fully saturated rings. The van der Waals surface area contributed by atoms with E-state index in [4.69, 9.17) is 5.26 Å². The van der Waals surface area contributed by atoms with Crippen molar-refractivity contribution in [1.82, 2.24) is 0 Å². The van der Waals surface area contributed by atoms with Gasteiger partial charge >= 0.3 is 0 Å². The summed E-state index contributed by atoms with van der Waals surface area (Å²) in [6.07, 6.45) is 0.778. The highest BCUT2D eigenvalue weighted by atomic mass is 32.2. The predicted octanol–water partition coefficient (Wildman–Crippen LogP) is 1.20. The molecule has 1 amide bonds. The average Bonchev–Trinajstić information content (AvgIpc) is 2.29. The number of carbonyl (C=O) groups excluding carboxylic acids is 1. The van der Waals surface area contributed by atoms with E-state index in [2.05, 4.69) is 6.07 Å². The number of rotatable bonds is 3. The lowest BCUT2D eigenvalue weighted by Crippen LogP contribution is -2.36. The Labute approximate surface area is 104 Å². The van der Waals surface area contributed by atoms with Gasteiger partial charge in [-0.25, -0.2) is 17.1 Å². The first kappa shape index (κ1) is 14.1. The van der Waals surface area contributed by atoms with E-state index < -0.39 is 21.7 Å². The molecule has 1 aromatic rings. The second kappa shape index (κ2) is 5.14. The van der Waals surface area contributed by atoms with Crippen LogP contribution in [0.5, 0.6) is 0 Å². The Bertz CT molecular complexity index is 620. The molecule has 0 spiro atoms. The van der Waals surface area contributed by atoms with Gasteiger partial charge in [-0.15, -0.1) is 0 Å². The van der Waals surface area contributed by atoms with E-state index in [9.17, 15) is 17.6 Å². The molecular formula is C11H10FN2O3S. The number of hydrogen-bond acceptors (Lipinski definition) is 4. The van der Waals surface area contributed by atoms with Crippen LogP contribution in [0.25, 0.3) is 0 Å². The van der Waals surface area contributed by atoms with Crippen molar-refractivity contribution < 1.29 is 17.6 Å². The fourth-order valence-electron chi connectivity index (χ4n) is 1.36. The number of amides is 1. The van der Waals surface area contributed by atoms with Gasteiger partial charge in [0.25, 0.3) is 0 Å². The first-order chi connectivity index (χ1) is 8.31. The first-order valence-electron chi connectivity index (χ1n) is 4.95. The molecule has 0 aromatic heterocycles. The monoisotopic (exact) mass is 269 g/mol. The molecule has 0 aliphatic carbocycles. The molecule has 0 atom stereocenters. The van der Waals surface area contributed by atoms with Gasteiger partial charge in [0.15, 0.2) is 0 Å². The summed E-state index contributed by atoms with van der Waals surface area (Å²) in [4.78, 5) is 11.6. The first-order valence-corrected chi connectivity index (χ1v) is 6.80. The van der Waals surface area contributed by atoms with Gasteiger partial charge < -0.3 is 0 Å². The summed E-state index contributed by atoms with van der Waals surface area (Å²) in [5.41, 5.74) is -0.424. The lowest BCUT2D eigenvalue weighted by molar-refractivity contribution is -0.117. The zero-order valence-corrected chi connectivity index (χ0v) is 10.6. The van der Waals surface area contributed by atoms with E-state index in [0.29, 0.717) is 4.31 Å². The van der Waals surface area contributed by atoms with Crippen molar-refractivity contribution in [3.8, 4) is 6.07 Å². The average molecular weight is 269 g/mol. The van der Waals surface area contributed by atoms with Gasteiger partial charge in [0.1, 0.15) is 11.9 Å². The van der Waals surface area contributed by atoms with Gasteiger partial charge in [0.2, 0.25) is 15.9 Å². The Kier molecular flexibility index (Phi) is 4.03. The third-order valence-electron chi connectivity index (χ3n) is 2.09. The Morgan fingerprint density at radius 3 is 2.67 bits per heavy atom. The lowest BCUT2D eigenvalue weighted by atomic mass is 10.2. The minimum Gasteiger partial charge on any atom is -0.273 e. The molecule has 1 radical (unpaired) electrons. The molecule has 0 bridgehead atoms. The van der Waals surface area contributed by atoms with E-state index in [0.717, 1.165) is 18.4 Å². The SMILES string of the molecule is CCC(=O)N(c1c[c]c(F)cc1C#N)S(C)(=O)=O. The number of halogens is 1. The summed E-state index contributed by atoms with van der Waals surface area (Å²) in [5, 5.41) is 8.85. The summed E-state index contributed by atoms with van der Waals surface area (Å²) >= 11 is 0. The van der Waals surface area contributed by atoms with Crippen molar-refractivity contribution in [3.05, 3.63) is 29.6 Å². The molecular weight excluding hydrogens is 259 g/mol. The number of nitrogens with zero attached hydrogens (tertiary/aromatic N) is 2. The van der Waals surface area contributed by atoms with Crippen molar-refractivity contribution in [2.45, 2.75) is 13.3 Å². The molecule has 0 saturated carbocycles. The number of carbonyl (C=O) groups is 1. The van der Waals surface area contributed by atoms with Crippen LogP contribution >= 0.6 is 0 Å². The molecule has 0 aliphatic rings. The third kappa shape index (κ3) is 2.84. The van der Waals surface area contributed by atoms with Crippen LogP contribution in [-0.4, -0.2) is 20.6 Å². The molecule has 0 heterocycles. The Morgan fingerprint density at radius 1 is 1.61 bits per heavy atom. The van der Waals surface area contributed by atoms with E-state index in [1.807, 2.05) is 0 Å². The maximum absolute atomic E-state index is 12.9. The van der Waals surface area contributed by atoms with Crippen molar-refractivity contribution in [2.24, 2.45) is 0 Å². The standard InChI is InChI=1S/C11H10FN2O3S/c1-3-11(15)14(18(2,16)17)10-5-4-9(12)6-8(10)7-13/h5-6H,3H2,1-2H3. The van der Waals surface area contributed by atoms with Crippen LogP contribution in [0.1, 0.15) is 18.9 Å². The smallest absolute Gasteiger partial charge is 0.240 e. The van der Waals surface area contributed by atoms with E-state index in [1.54, 1.807) is 6.07 Å². The molecule has 0 N–H and O–H groups in total. The summed E-state index contributed by atoms with van der Waals surface area (Å²) in [5.74, 6) is -1.50. The Morgan fingerprint density at radius 2 is 2.22 bits per heavy atom. The van der Waals surface area contributed by atoms with Gasteiger partial charge in [0.05, 0.1) is 17.5 Å². The summed E-state index contributed by atoms with van der Waals surface area (Å²) < 4.78 is 36.6. The van der Waals surface area contributed by atoms with Crippen LogP contribution in [0.3, 0.4) is 0 Å². The van der Waals surface area contributed by atoms with Crippen molar-refractivity contribution >= 4 is 21.6 Å². The van der Waals surface area contributed by atoms with Crippen LogP contribution in [-0.2, 0) is 14.8 Å². The van der Waals surface area contributed by atoms with Crippen LogP contribution in [0.4, 0.5) is 10.1 Å². The quantitative estimate of drug-likeness (QED) is 0.826. The van der Waals surface area contributed by atoms with Gasteiger partial charge in [-0.1, -0.05) is 6.92 Å². The lowest BCUT2D eigenvalue weighted by Gasteiger charge is -2.20. The molecule has 0 unspecified atom stereocenters. The molecule has 7 heteroatoms. The molecule has 1 aromatic carbocycles. The third-order valence-corrected chi connectivity index (χ3v) is 3.16. The summed E-state index contributed by atoms with van der Waals surface area (Å²) in [6.45, 7) is 1.49. The molecule has 5 nitrogen and oxygen atoms in total. The topological polar surface area (TPSA) is 78.2 Å². The van der Waals surface area contributed by atoms with E-state index >= 15 is 0 Å². The van der Waals surface area contributed by atoms with Crippen molar-refractivity contribution in [3.63, 3.8) is 0 Å². The van der Waals surface area contributed by atoms with Gasteiger partial charge in [-0.2, -0.15) is 5.26 Å². The fraction of sp³-hybridized carbons (Fsp3) is 0.273. The van der Waals surface area contributed by atoms with Gasteiger partial charge in [-0.05, 0) is 12.1 Å². The molecule has 18 heavy (non-hydrogen) atoms. The highest BCUT2D eigenvalue weighted by Crippen LogP contribution is 2.23.